The van der Waals surface area contributed by atoms with Crippen molar-refractivity contribution >= 4 is 5.78 Å². The summed E-state index contributed by atoms with van der Waals surface area (Å²) in [5, 5.41) is 11.2. The third-order valence-electron chi connectivity index (χ3n) is 9.07. The van der Waals surface area contributed by atoms with E-state index >= 15 is 0 Å². The molecule has 4 rings (SSSR count). The van der Waals surface area contributed by atoms with Gasteiger partial charge in [-0.2, -0.15) is 0 Å². The van der Waals surface area contributed by atoms with Gasteiger partial charge in [0.15, 0.2) is 5.78 Å². The molecule has 0 aromatic rings. The molecule has 1 N–H and O–H groups in total. The van der Waals surface area contributed by atoms with Crippen LogP contribution in [0.25, 0.3) is 0 Å². The number of ketones is 1. The van der Waals surface area contributed by atoms with Crippen molar-refractivity contribution in [3.8, 4) is 0 Å². The molecule has 0 spiro atoms. The van der Waals surface area contributed by atoms with E-state index in [9.17, 15) is 9.90 Å². The van der Waals surface area contributed by atoms with Crippen LogP contribution >= 0.6 is 0 Å². The lowest BCUT2D eigenvalue weighted by Crippen LogP contribution is -2.57. The van der Waals surface area contributed by atoms with Gasteiger partial charge in [-0.15, -0.1) is 0 Å². The van der Waals surface area contributed by atoms with Crippen molar-refractivity contribution < 1.29 is 9.90 Å². The molecular formula is C22H34O2. The van der Waals surface area contributed by atoms with Crippen LogP contribution in [0, 0.1) is 34.5 Å². The van der Waals surface area contributed by atoms with E-state index in [1.165, 1.54) is 32.1 Å². The highest BCUT2D eigenvalue weighted by molar-refractivity contribution is 5.86. The lowest BCUT2D eigenvalue weighted by molar-refractivity contribution is -0.159. The predicted octanol–water partition coefficient (Wildman–Crippen LogP) is 4.91. The number of aliphatic hydroxyl groups is 1. The van der Waals surface area contributed by atoms with Crippen LogP contribution in [-0.4, -0.2) is 16.5 Å². The SMILES string of the molecule is CC(=O)C1(O)CCC2C3CCC4=CC(C)CCC4(C)C3CCC21C. The van der Waals surface area contributed by atoms with Crippen LogP contribution in [0.15, 0.2) is 11.6 Å². The highest BCUT2D eigenvalue weighted by Gasteiger charge is 2.65. The molecule has 4 aliphatic carbocycles. The van der Waals surface area contributed by atoms with E-state index in [1.807, 2.05) is 0 Å². The molecule has 0 bridgehead atoms. The Morgan fingerprint density at radius 2 is 1.79 bits per heavy atom. The molecule has 7 unspecified atom stereocenters. The second-order valence-electron chi connectivity index (χ2n) is 9.95. The van der Waals surface area contributed by atoms with Gasteiger partial charge in [0.1, 0.15) is 5.60 Å². The van der Waals surface area contributed by atoms with E-state index in [4.69, 9.17) is 0 Å². The smallest absolute Gasteiger partial charge is 0.161 e. The van der Waals surface area contributed by atoms with Crippen LogP contribution in [0.2, 0.25) is 0 Å². The van der Waals surface area contributed by atoms with E-state index in [-0.39, 0.29) is 11.2 Å². The minimum Gasteiger partial charge on any atom is -0.382 e. The first-order valence-electron chi connectivity index (χ1n) is 10.2. The third-order valence-corrected chi connectivity index (χ3v) is 9.07. The van der Waals surface area contributed by atoms with Crippen LogP contribution in [0.3, 0.4) is 0 Å². The lowest BCUT2D eigenvalue weighted by Gasteiger charge is -2.59. The topological polar surface area (TPSA) is 37.3 Å². The molecule has 4 aliphatic rings. The fourth-order valence-electron chi connectivity index (χ4n) is 7.50. The van der Waals surface area contributed by atoms with Crippen molar-refractivity contribution in [3.63, 3.8) is 0 Å². The number of carbonyl (C=O) groups is 1. The third kappa shape index (κ3) is 1.95. The van der Waals surface area contributed by atoms with Crippen molar-refractivity contribution in [2.75, 3.05) is 0 Å². The van der Waals surface area contributed by atoms with Crippen molar-refractivity contribution in [1.29, 1.82) is 0 Å². The zero-order valence-corrected chi connectivity index (χ0v) is 15.9. The summed E-state index contributed by atoms with van der Waals surface area (Å²) in [6.45, 7) is 8.71. The fourth-order valence-corrected chi connectivity index (χ4v) is 7.50. The minimum atomic E-state index is -1.07. The number of carbonyl (C=O) groups excluding carboxylic acids is 1. The highest BCUT2D eigenvalue weighted by atomic mass is 16.3. The Morgan fingerprint density at radius 3 is 2.50 bits per heavy atom. The van der Waals surface area contributed by atoms with Crippen molar-refractivity contribution in [2.24, 2.45) is 34.5 Å². The van der Waals surface area contributed by atoms with Crippen molar-refractivity contribution in [3.05, 3.63) is 11.6 Å². The van der Waals surface area contributed by atoms with Crippen LogP contribution in [-0.2, 0) is 4.79 Å². The summed E-state index contributed by atoms with van der Waals surface area (Å²) in [4.78, 5) is 12.3. The number of rotatable bonds is 1. The maximum Gasteiger partial charge on any atom is 0.161 e. The van der Waals surface area contributed by atoms with Gasteiger partial charge in [0.05, 0.1) is 0 Å². The van der Waals surface area contributed by atoms with E-state index in [0.717, 1.165) is 24.7 Å². The Morgan fingerprint density at radius 1 is 1.08 bits per heavy atom. The van der Waals surface area contributed by atoms with Gasteiger partial charge in [-0.05, 0) is 87.4 Å². The van der Waals surface area contributed by atoms with Crippen molar-refractivity contribution in [1.82, 2.24) is 0 Å². The Kier molecular flexibility index (Phi) is 3.64. The normalized spacial score (nSPS) is 53.6. The molecule has 24 heavy (non-hydrogen) atoms. The zero-order valence-electron chi connectivity index (χ0n) is 15.9. The van der Waals surface area contributed by atoms with E-state index in [2.05, 4.69) is 26.8 Å². The van der Waals surface area contributed by atoms with Crippen LogP contribution < -0.4 is 0 Å². The van der Waals surface area contributed by atoms with Gasteiger partial charge in [0.2, 0.25) is 0 Å². The first-order valence-corrected chi connectivity index (χ1v) is 10.2. The molecule has 0 saturated heterocycles. The summed E-state index contributed by atoms with van der Waals surface area (Å²) in [6, 6.07) is 0. The van der Waals surface area contributed by atoms with E-state index in [1.54, 1.807) is 12.5 Å². The number of hydrogen-bond acceptors (Lipinski definition) is 2. The summed E-state index contributed by atoms with van der Waals surface area (Å²) in [5.41, 5.74) is 0.847. The van der Waals surface area contributed by atoms with Gasteiger partial charge >= 0.3 is 0 Å². The quantitative estimate of drug-likeness (QED) is 0.694. The maximum atomic E-state index is 12.3. The molecule has 3 fully saturated rings. The van der Waals surface area contributed by atoms with Gasteiger partial charge in [0.25, 0.3) is 0 Å². The number of hydrogen-bond donors (Lipinski definition) is 1. The molecule has 3 saturated carbocycles. The van der Waals surface area contributed by atoms with Gasteiger partial charge in [-0.25, -0.2) is 0 Å². The standard InChI is InChI=1S/C22H34O2/c1-14-7-10-20(3)16(13-14)5-6-17-18(20)8-11-21(4)19(17)9-12-22(21,24)15(2)23/h13-14,17-19,24H,5-12H2,1-4H3. The van der Waals surface area contributed by atoms with Gasteiger partial charge in [-0.3, -0.25) is 4.79 Å². The second kappa shape index (κ2) is 5.19. The first-order chi connectivity index (χ1) is 11.2. The molecule has 2 nitrogen and oxygen atoms in total. The summed E-state index contributed by atoms with van der Waals surface area (Å²) < 4.78 is 0. The molecule has 134 valence electrons. The summed E-state index contributed by atoms with van der Waals surface area (Å²) in [7, 11) is 0. The summed E-state index contributed by atoms with van der Waals surface area (Å²) in [6.07, 6.45) is 11.7. The average Bonchev–Trinajstić information content (AvgIpc) is 2.81. The predicted molar refractivity (Wildman–Crippen MR) is 96.5 cm³/mol. The molecule has 7 atom stereocenters. The summed E-state index contributed by atoms with van der Waals surface area (Å²) >= 11 is 0. The van der Waals surface area contributed by atoms with Crippen molar-refractivity contribution in [2.45, 2.75) is 84.7 Å². The zero-order chi connectivity index (χ0) is 17.3. The van der Waals surface area contributed by atoms with E-state index < -0.39 is 5.60 Å². The van der Waals surface area contributed by atoms with Crippen LogP contribution in [0.1, 0.15) is 79.1 Å². The monoisotopic (exact) mass is 330 g/mol. The Balaban J connectivity index is 1.69. The average molecular weight is 331 g/mol. The Hall–Kier alpha value is -0.630. The second-order valence-corrected chi connectivity index (χ2v) is 9.95. The first kappa shape index (κ1) is 16.8. The number of Topliss-reactive ketones (excluding diaryl/α,β-unsaturated/α-hetero) is 1. The number of fused-ring (bicyclic) bond motifs is 5. The Labute approximate surface area is 147 Å². The van der Waals surface area contributed by atoms with Crippen LogP contribution in [0.5, 0.6) is 0 Å². The highest BCUT2D eigenvalue weighted by Crippen LogP contribution is 2.67. The number of allylic oxidation sites excluding steroid dienone is 2. The summed E-state index contributed by atoms with van der Waals surface area (Å²) in [5.74, 6) is 2.74. The molecule has 0 radical (unpaired) electrons. The molecule has 0 amide bonds. The largest absolute Gasteiger partial charge is 0.382 e. The fraction of sp³-hybridized carbons (Fsp3) is 0.864. The molecule has 0 aromatic heterocycles. The van der Waals surface area contributed by atoms with Gasteiger partial charge in [0, 0.05) is 5.41 Å². The molecule has 0 aromatic carbocycles. The van der Waals surface area contributed by atoms with E-state index in [0.29, 0.717) is 23.7 Å². The molecule has 0 heterocycles. The van der Waals surface area contributed by atoms with Gasteiger partial charge < -0.3 is 5.11 Å². The van der Waals surface area contributed by atoms with Gasteiger partial charge in [-0.1, -0.05) is 32.4 Å². The lowest BCUT2D eigenvalue weighted by atomic mass is 9.46. The molecular weight excluding hydrogens is 296 g/mol. The van der Waals surface area contributed by atoms with Crippen LogP contribution in [0.4, 0.5) is 0 Å². The Bertz CT molecular complexity index is 593. The molecule has 2 heteroatoms. The minimum absolute atomic E-state index is 0.0000437. The maximum absolute atomic E-state index is 12.3. The molecule has 0 aliphatic heterocycles.